The van der Waals surface area contributed by atoms with Gasteiger partial charge in [0.05, 0.1) is 11.3 Å². The molecule has 0 radical (unpaired) electrons. The minimum Gasteiger partial charge on any atom is -0.452 e. The normalized spacial score (nSPS) is 10.5. The van der Waals surface area contributed by atoms with Gasteiger partial charge < -0.3 is 15.0 Å². The third-order valence-electron chi connectivity index (χ3n) is 3.51. The first-order valence-electron chi connectivity index (χ1n) is 7.48. The fourth-order valence-corrected chi connectivity index (χ4v) is 2.36. The molecule has 0 aliphatic rings. The van der Waals surface area contributed by atoms with E-state index in [1.165, 1.54) is 0 Å². The summed E-state index contributed by atoms with van der Waals surface area (Å²) in [6.07, 6.45) is 0. The van der Waals surface area contributed by atoms with Crippen LogP contribution < -0.4 is 10.9 Å². The van der Waals surface area contributed by atoms with Gasteiger partial charge in [-0.3, -0.25) is 9.59 Å². The minimum absolute atomic E-state index is 0.00548. The number of para-hydroxylation sites is 1. The lowest BCUT2D eigenvalue weighted by Gasteiger charge is -2.09. The van der Waals surface area contributed by atoms with Crippen molar-refractivity contribution < 1.29 is 23.1 Å². The van der Waals surface area contributed by atoms with Crippen LogP contribution in [0.2, 0.25) is 0 Å². The average molecular weight is 358 g/mol. The van der Waals surface area contributed by atoms with Crippen molar-refractivity contribution in [1.82, 2.24) is 4.98 Å². The third kappa shape index (κ3) is 3.75. The van der Waals surface area contributed by atoms with Gasteiger partial charge in [-0.15, -0.1) is 0 Å². The number of carbonyl (C=O) groups excluding carboxylic acids is 2. The van der Waals surface area contributed by atoms with Crippen LogP contribution in [0.3, 0.4) is 0 Å². The molecular weight excluding hydrogens is 346 g/mol. The van der Waals surface area contributed by atoms with Crippen LogP contribution in [-0.2, 0) is 9.53 Å². The highest BCUT2D eigenvalue weighted by Crippen LogP contribution is 2.17. The molecule has 3 aromatic rings. The van der Waals surface area contributed by atoms with E-state index in [1.54, 1.807) is 24.3 Å². The number of esters is 1. The molecule has 1 heterocycles. The number of rotatable bonds is 4. The largest absolute Gasteiger partial charge is 0.452 e. The first kappa shape index (κ1) is 17.3. The Balaban J connectivity index is 1.72. The first-order valence-corrected chi connectivity index (χ1v) is 7.48. The van der Waals surface area contributed by atoms with Crippen LogP contribution in [0.4, 0.5) is 14.5 Å². The number of hydrogen-bond donors (Lipinski definition) is 2. The van der Waals surface area contributed by atoms with Crippen LogP contribution in [0.25, 0.3) is 10.9 Å². The van der Waals surface area contributed by atoms with E-state index in [-0.39, 0.29) is 11.3 Å². The van der Waals surface area contributed by atoms with Crippen LogP contribution in [0.15, 0.2) is 53.3 Å². The predicted octanol–water partition coefficient (Wildman–Crippen LogP) is 2.60. The molecule has 0 bridgehead atoms. The van der Waals surface area contributed by atoms with Crippen LogP contribution in [0.1, 0.15) is 10.4 Å². The quantitative estimate of drug-likeness (QED) is 0.702. The van der Waals surface area contributed by atoms with E-state index in [1.807, 2.05) is 0 Å². The molecule has 1 amide bonds. The zero-order valence-corrected chi connectivity index (χ0v) is 13.2. The summed E-state index contributed by atoms with van der Waals surface area (Å²) < 4.78 is 31.4. The Morgan fingerprint density at radius 3 is 2.65 bits per heavy atom. The number of amides is 1. The Morgan fingerprint density at radius 1 is 1.08 bits per heavy atom. The molecule has 2 N–H and O–H groups in total. The molecular formula is C18H12F2N2O4. The number of anilines is 1. The second-order valence-electron chi connectivity index (χ2n) is 5.34. The predicted molar refractivity (Wildman–Crippen MR) is 89.8 cm³/mol. The molecule has 0 saturated carbocycles. The van der Waals surface area contributed by atoms with Gasteiger partial charge in [0.1, 0.15) is 11.6 Å². The van der Waals surface area contributed by atoms with E-state index < -0.39 is 35.7 Å². The van der Waals surface area contributed by atoms with Gasteiger partial charge in [0.25, 0.3) is 5.91 Å². The lowest BCUT2D eigenvalue weighted by Crippen LogP contribution is -2.22. The number of benzene rings is 2. The van der Waals surface area contributed by atoms with Gasteiger partial charge in [0.15, 0.2) is 6.61 Å². The van der Waals surface area contributed by atoms with Crippen LogP contribution in [0, 0.1) is 11.6 Å². The topological polar surface area (TPSA) is 88.3 Å². The number of carbonyl (C=O) groups is 2. The Bertz CT molecular complexity index is 1060. The monoisotopic (exact) mass is 358 g/mol. The van der Waals surface area contributed by atoms with Gasteiger partial charge in [-0.25, -0.2) is 13.6 Å². The number of aromatic amines is 1. The van der Waals surface area contributed by atoms with Crippen molar-refractivity contribution in [2.24, 2.45) is 0 Å². The highest BCUT2D eigenvalue weighted by atomic mass is 19.1. The summed E-state index contributed by atoms with van der Waals surface area (Å²) >= 11 is 0. The van der Waals surface area contributed by atoms with E-state index >= 15 is 0 Å². The number of pyridine rings is 1. The zero-order chi connectivity index (χ0) is 18.7. The lowest BCUT2D eigenvalue weighted by atomic mass is 10.1. The average Bonchev–Trinajstić information content (AvgIpc) is 2.62. The molecule has 2 aromatic carbocycles. The zero-order valence-electron chi connectivity index (χ0n) is 13.2. The Hall–Kier alpha value is -3.55. The number of nitrogens with one attached hydrogen (secondary N) is 2. The van der Waals surface area contributed by atoms with Gasteiger partial charge >= 0.3 is 5.97 Å². The summed E-state index contributed by atoms with van der Waals surface area (Å²) in [6, 6.07) is 10.2. The molecule has 3 rings (SSSR count). The Morgan fingerprint density at radius 2 is 1.85 bits per heavy atom. The number of halogens is 2. The molecule has 6 nitrogen and oxygen atoms in total. The summed E-state index contributed by atoms with van der Waals surface area (Å²) in [5, 5.41) is 2.56. The molecule has 0 saturated heterocycles. The van der Waals surface area contributed by atoms with Crippen molar-refractivity contribution in [1.29, 1.82) is 0 Å². The van der Waals surface area contributed by atoms with Crippen molar-refractivity contribution in [2.45, 2.75) is 0 Å². The third-order valence-corrected chi connectivity index (χ3v) is 3.51. The number of ether oxygens (including phenoxy) is 1. The smallest absolute Gasteiger partial charge is 0.339 e. The molecule has 0 aliphatic heterocycles. The van der Waals surface area contributed by atoms with E-state index in [9.17, 15) is 23.2 Å². The van der Waals surface area contributed by atoms with E-state index in [0.29, 0.717) is 10.9 Å². The number of hydrogen-bond acceptors (Lipinski definition) is 4. The maximum absolute atomic E-state index is 13.5. The molecule has 132 valence electrons. The van der Waals surface area contributed by atoms with E-state index in [0.717, 1.165) is 24.3 Å². The van der Waals surface area contributed by atoms with Gasteiger partial charge in [0, 0.05) is 23.0 Å². The second-order valence-corrected chi connectivity index (χ2v) is 5.34. The van der Waals surface area contributed by atoms with E-state index in [2.05, 4.69) is 10.3 Å². The Kier molecular flexibility index (Phi) is 4.74. The first-order chi connectivity index (χ1) is 12.4. The van der Waals surface area contributed by atoms with E-state index in [4.69, 9.17) is 4.74 Å². The van der Waals surface area contributed by atoms with Gasteiger partial charge in [-0.2, -0.15) is 0 Å². The standard InChI is InChI=1S/C18H12F2N2O4/c19-10-5-6-13(20)15(7-10)22-17(24)9-26-18(25)12-8-16(23)21-14-4-2-1-3-11(12)14/h1-8H,9H2,(H,21,23)(H,22,24). The number of aromatic nitrogens is 1. The SMILES string of the molecule is O=C(COC(=O)c1cc(=O)[nH]c2ccccc12)Nc1cc(F)ccc1F. The maximum Gasteiger partial charge on any atom is 0.339 e. The molecule has 0 atom stereocenters. The highest BCUT2D eigenvalue weighted by molar-refractivity contribution is 6.04. The number of fused-ring (bicyclic) bond motifs is 1. The molecule has 0 aliphatic carbocycles. The van der Waals surface area contributed by atoms with Crippen LogP contribution >= 0.6 is 0 Å². The Labute approximate surface area is 145 Å². The highest BCUT2D eigenvalue weighted by Gasteiger charge is 2.15. The van der Waals surface area contributed by atoms with Gasteiger partial charge in [-0.1, -0.05) is 18.2 Å². The molecule has 1 aromatic heterocycles. The molecule has 8 heteroatoms. The van der Waals surface area contributed by atoms with Crippen molar-refractivity contribution in [3.8, 4) is 0 Å². The minimum atomic E-state index is -0.887. The van der Waals surface area contributed by atoms with Crippen molar-refractivity contribution in [3.05, 3.63) is 76.1 Å². The fourth-order valence-electron chi connectivity index (χ4n) is 2.36. The number of H-pyrrole nitrogens is 1. The van der Waals surface area contributed by atoms with Crippen LogP contribution in [-0.4, -0.2) is 23.5 Å². The maximum atomic E-state index is 13.5. The fraction of sp³-hybridized carbons (Fsp3) is 0.0556. The summed E-state index contributed by atoms with van der Waals surface area (Å²) in [7, 11) is 0. The molecule has 0 spiro atoms. The van der Waals surface area contributed by atoms with Crippen molar-refractivity contribution in [3.63, 3.8) is 0 Å². The summed E-state index contributed by atoms with van der Waals surface area (Å²) in [5.41, 5.74) is -0.429. The molecule has 0 unspecified atom stereocenters. The summed E-state index contributed by atoms with van der Waals surface area (Å²) in [6.45, 7) is -0.726. The van der Waals surface area contributed by atoms with Crippen LogP contribution in [0.5, 0.6) is 0 Å². The van der Waals surface area contributed by atoms with Gasteiger partial charge in [-0.05, 0) is 18.2 Å². The van der Waals surface area contributed by atoms with Crippen molar-refractivity contribution in [2.75, 3.05) is 11.9 Å². The molecule has 0 fully saturated rings. The summed E-state index contributed by atoms with van der Waals surface area (Å²) in [5.74, 6) is -3.29. The van der Waals surface area contributed by atoms with Crippen molar-refractivity contribution >= 4 is 28.5 Å². The van der Waals surface area contributed by atoms with Gasteiger partial charge in [0.2, 0.25) is 5.56 Å². The molecule has 26 heavy (non-hydrogen) atoms. The second kappa shape index (κ2) is 7.14. The lowest BCUT2D eigenvalue weighted by molar-refractivity contribution is -0.119. The summed E-state index contributed by atoms with van der Waals surface area (Å²) in [4.78, 5) is 38.2.